The Hall–Kier alpha value is -2.60. The molecule has 0 unspecified atom stereocenters. The number of carboxylic acid groups (broad SMARTS) is 1. The number of benzene rings is 1. The summed E-state index contributed by atoms with van der Waals surface area (Å²) >= 11 is 0. The molecule has 1 amide bonds. The molecule has 1 aromatic carbocycles. The second-order valence-electron chi connectivity index (χ2n) is 5.33. The predicted octanol–water partition coefficient (Wildman–Crippen LogP) is 2.68. The minimum atomic E-state index is -1.08. The molecule has 0 saturated heterocycles. The van der Waals surface area contributed by atoms with E-state index in [-0.39, 0.29) is 18.9 Å². The third-order valence-corrected chi connectivity index (χ3v) is 3.64. The first-order chi connectivity index (χ1) is 11.5. The maximum absolute atomic E-state index is 12.4. The van der Waals surface area contributed by atoms with Crippen molar-refractivity contribution in [3.63, 3.8) is 0 Å². The average Bonchev–Trinajstić information content (AvgIpc) is 3.07. The Morgan fingerprint density at radius 2 is 1.88 bits per heavy atom. The minimum absolute atomic E-state index is 0.113. The first-order valence-corrected chi connectivity index (χ1v) is 7.74. The van der Waals surface area contributed by atoms with Gasteiger partial charge in [-0.1, -0.05) is 31.2 Å². The molecule has 1 heterocycles. The van der Waals surface area contributed by atoms with Crippen LogP contribution in [0.5, 0.6) is 0 Å². The molecule has 6 nitrogen and oxygen atoms in total. The molecule has 2 rings (SSSR count). The number of carboxylic acids is 1. The summed E-state index contributed by atoms with van der Waals surface area (Å²) in [6.07, 6.45) is 0.950. The van der Waals surface area contributed by atoms with Crippen LogP contribution in [-0.2, 0) is 16.0 Å². The summed E-state index contributed by atoms with van der Waals surface area (Å²) in [5, 5.41) is 8.95. The van der Waals surface area contributed by atoms with Crippen molar-refractivity contribution < 1.29 is 23.8 Å². The zero-order valence-corrected chi connectivity index (χ0v) is 13.8. The van der Waals surface area contributed by atoms with E-state index in [4.69, 9.17) is 14.3 Å². The Morgan fingerprint density at radius 3 is 2.46 bits per heavy atom. The summed E-state index contributed by atoms with van der Waals surface area (Å²) in [7, 11) is 1.49. The van der Waals surface area contributed by atoms with Gasteiger partial charge in [0.05, 0.1) is 6.61 Å². The summed E-state index contributed by atoms with van der Waals surface area (Å²) in [4.78, 5) is 24.6. The van der Waals surface area contributed by atoms with Crippen molar-refractivity contribution in [3.05, 3.63) is 47.7 Å². The molecule has 24 heavy (non-hydrogen) atoms. The van der Waals surface area contributed by atoms with Crippen LogP contribution in [0.15, 0.2) is 40.8 Å². The van der Waals surface area contributed by atoms with Crippen molar-refractivity contribution in [3.8, 4) is 11.3 Å². The molecule has 0 aliphatic heterocycles. The van der Waals surface area contributed by atoms with Crippen molar-refractivity contribution in [2.24, 2.45) is 0 Å². The van der Waals surface area contributed by atoms with Gasteiger partial charge < -0.3 is 19.2 Å². The van der Waals surface area contributed by atoms with Crippen molar-refractivity contribution in [2.45, 2.75) is 13.3 Å². The lowest BCUT2D eigenvalue weighted by atomic mass is 10.1. The number of methoxy groups -OCH3 is 1. The molecule has 0 aliphatic rings. The van der Waals surface area contributed by atoms with Gasteiger partial charge in [-0.25, -0.2) is 0 Å². The van der Waals surface area contributed by atoms with E-state index in [2.05, 4.69) is 6.92 Å². The number of nitrogens with zero attached hydrogens (tertiary/aromatic N) is 1. The highest BCUT2D eigenvalue weighted by atomic mass is 16.5. The number of aliphatic carboxylic acids is 1. The molecule has 0 spiro atoms. The lowest BCUT2D eigenvalue weighted by Crippen LogP contribution is -2.37. The normalized spacial score (nSPS) is 10.6. The lowest BCUT2D eigenvalue weighted by molar-refractivity contribution is -0.137. The SMILES string of the molecule is CCc1ccc(-c2ccc(C(=O)N(CCOC)CC(=O)O)o2)cc1. The summed E-state index contributed by atoms with van der Waals surface area (Å²) in [6.45, 7) is 2.12. The fraction of sp³-hybridized carbons (Fsp3) is 0.333. The van der Waals surface area contributed by atoms with Gasteiger partial charge in [-0.15, -0.1) is 0 Å². The predicted molar refractivity (Wildman–Crippen MR) is 88.9 cm³/mol. The van der Waals surface area contributed by atoms with Crippen molar-refractivity contribution in [1.29, 1.82) is 0 Å². The van der Waals surface area contributed by atoms with E-state index in [1.54, 1.807) is 12.1 Å². The monoisotopic (exact) mass is 331 g/mol. The molecule has 1 aromatic heterocycles. The van der Waals surface area contributed by atoms with E-state index in [1.165, 1.54) is 17.6 Å². The van der Waals surface area contributed by atoms with Crippen LogP contribution in [0.1, 0.15) is 23.0 Å². The number of hydrogen-bond acceptors (Lipinski definition) is 4. The Balaban J connectivity index is 2.17. The number of ether oxygens (including phenoxy) is 1. The van der Waals surface area contributed by atoms with Gasteiger partial charge in [0.25, 0.3) is 5.91 Å². The first-order valence-electron chi connectivity index (χ1n) is 7.74. The highest BCUT2D eigenvalue weighted by Crippen LogP contribution is 2.23. The van der Waals surface area contributed by atoms with Gasteiger partial charge in [-0.2, -0.15) is 0 Å². The summed E-state index contributed by atoms with van der Waals surface area (Å²) in [5.74, 6) is -0.864. The third-order valence-electron chi connectivity index (χ3n) is 3.64. The van der Waals surface area contributed by atoms with Crippen LogP contribution in [0.4, 0.5) is 0 Å². The molecule has 0 radical (unpaired) electrons. The molecule has 6 heteroatoms. The third kappa shape index (κ3) is 4.45. The second kappa shape index (κ2) is 8.31. The number of furan rings is 1. The molecule has 0 aliphatic carbocycles. The average molecular weight is 331 g/mol. The van der Waals surface area contributed by atoms with Gasteiger partial charge in [0, 0.05) is 19.2 Å². The quantitative estimate of drug-likeness (QED) is 0.804. The Morgan fingerprint density at radius 1 is 1.17 bits per heavy atom. The second-order valence-corrected chi connectivity index (χ2v) is 5.33. The van der Waals surface area contributed by atoms with Gasteiger partial charge in [0.2, 0.25) is 0 Å². The number of amides is 1. The molecule has 1 N–H and O–H groups in total. The van der Waals surface area contributed by atoms with Crippen LogP contribution in [0.3, 0.4) is 0 Å². The van der Waals surface area contributed by atoms with E-state index in [0.717, 1.165) is 12.0 Å². The first kappa shape index (κ1) is 17.7. The van der Waals surface area contributed by atoms with Gasteiger partial charge in [-0.05, 0) is 24.1 Å². The highest BCUT2D eigenvalue weighted by molar-refractivity contribution is 5.94. The van der Waals surface area contributed by atoms with Crippen LogP contribution in [0, 0.1) is 0 Å². The maximum Gasteiger partial charge on any atom is 0.323 e. The number of rotatable bonds is 8. The summed E-state index contributed by atoms with van der Waals surface area (Å²) in [6, 6.07) is 11.2. The summed E-state index contributed by atoms with van der Waals surface area (Å²) in [5.41, 5.74) is 2.08. The molecule has 0 fully saturated rings. The molecule has 0 saturated carbocycles. The number of aryl methyl sites for hydroxylation is 1. The zero-order valence-electron chi connectivity index (χ0n) is 13.8. The molecule has 2 aromatic rings. The maximum atomic E-state index is 12.4. The van der Waals surface area contributed by atoms with Crippen LogP contribution in [-0.4, -0.2) is 48.7 Å². The van der Waals surface area contributed by atoms with E-state index in [9.17, 15) is 9.59 Å². The van der Waals surface area contributed by atoms with Crippen LogP contribution in [0.25, 0.3) is 11.3 Å². The number of carbonyl (C=O) groups is 2. The standard InChI is InChI=1S/C18H21NO5/c1-3-13-4-6-14(7-5-13)15-8-9-16(24-15)18(22)19(10-11-23-2)12-17(20)21/h4-9H,3,10-12H2,1-2H3,(H,20,21). The van der Waals surface area contributed by atoms with Gasteiger partial charge in [-0.3, -0.25) is 9.59 Å². The van der Waals surface area contributed by atoms with E-state index in [1.807, 2.05) is 24.3 Å². The van der Waals surface area contributed by atoms with Crippen LogP contribution in [0.2, 0.25) is 0 Å². The Bertz CT molecular complexity index is 690. The fourth-order valence-corrected chi connectivity index (χ4v) is 2.29. The van der Waals surface area contributed by atoms with Gasteiger partial charge in [0.15, 0.2) is 5.76 Å². The summed E-state index contributed by atoms with van der Waals surface area (Å²) < 4.78 is 10.5. The van der Waals surface area contributed by atoms with Gasteiger partial charge in [0.1, 0.15) is 12.3 Å². The van der Waals surface area contributed by atoms with Crippen LogP contribution < -0.4 is 0 Å². The Kier molecular flexibility index (Phi) is 6.14. The molecular weight excluding hydrogens is 310 g/mol. The van der Waals surface area contributed by atoms with E-state index < -0.39 is 18.4 Å². The van der Waals surface area contributed by atoms with Crippen LogP contribution >= 0.6 is 0 Å². The van der Waals surface area contributed by atoms with E-state index >= 15 is 0 Å². The number of hydrogen-bond donors (Lipinski definition) is 1. The fourth-order valence-electron chi connectivity index (χ4n) is 2.29. The lowest BCUT2D eigenvalue weighted by Gasteiger charge is -2.18. The van der Waals surface area contributed by atoms with Crippen molar-refractivity contribution in [2.75, 3.05) is 26.8 Å². The molecular formula is C18H21NO5. The molecule has 128 valence electrons. The molecule has 0 atom stereocenters. The highest BCUT2D eigenvalue weighted by Gasteiger charge is 2.21. The molecule has 0 bridgehead atoms. The minimum Gasteiger partial charge on any atom is -0.480 e. The van der Waals surface area contributed by atoms with Gasteiger partial charge >= 0.3 is 5.97 Å². The topological polar surface area (TPSA) is 80.0 Å². The number of carbonyl (C=O) groups excluding carboxylic acids is 1. The van der Waals surface area contributed by atoms with E-state index in [0.29, 0.717) is 5.76 Å². The largest absolute Gasteiger partial charge is 0.480 e. The Labute approximate surface area is 140 Å². The van der Waals surface area contributed by atoms with Crippen molar-refractivity contribution in [1.82, 2.24) is 4.90 Å². The zero-order chi connectivity index (χ0) is 17.5. The van der Waals surface area contributed by atoms with Crippen molar-refractivity contribution >= 4 is 11.9 Å². The smallest absolute Gasteiger partial charge is 0.323 e.